The lowest BCUT2D eigenvalue weighted by Gasteiger charge is -2.28. The van der Waals surface area contributed by atoms with Gasteiger partial charge in [0.15, 0.2) is 12.0 Å². The van der Waals surface area contributed by atoms with Gasteiger partial charge >= 0.3 is 0 Å². The highest BCUT2D eigenvalue weighted by Gasteiger charge is 2.48. The number of aliphatic hydroxyl groups excluding tert-OH is 1. The average molecular weight is 588 g/mol. The Morgan fingerprint density at radius 3 is 2.55 bits per heavy atom. The fraction of sp³-hybridized carbons (Fsp3) is 0.552. The van der Waals surface area contributed by atoms with Crippen LogP contribution in [0.15, 0.2) is 36.4 Å². The van der Waals surface area contributed by atoms with E-state index in [1.54, 1.807) is 0 Å². The summed E-state index contributed by atoms with van der Waals surface area (Å²) in [4.78, 5) is 7.29. The third-order valence-corrected chi connectivity index (χ3v) is 9.78. The highest BCUT2D eigenvalue weighted by molar-refractivity contribution is 6.76. The highest BCUT2D eigenvalue weighted by atomic mass is 35.5. The second kappa shape index (κ2) is 11.6. The molecule has 9 nitrogen and oxygen atoms in total. The smallest absolute Gasteiger partial charge is 0.198 e. The normalized spacial score (nSPS) is 25.1. The first-order chi connectivity index (χ1) is 19.3. The Balaban J connectivity index is 1.28. The quantitative estimate of drug-likeness (QED) is 0.291. The van der Waals surface area contributed by atoms with Crippen LogP contribution in [0.3, 0.4) is 0 Å². The van der Waals surface area contributed by atoms with E-state index in [1.165, 1.54) is 0 Å². The van der Waals surface area contributed by atoms with E-state index in [0.29, 0.717) is 30.8 Å². The highest BCUT2D eigenvalue weighted by Crippen LogP contribution is 2.36. The van der Waals surface area contributed by atoms with Crippen LogP contribution in [0.2, 0.25) is 30.7 Å². The topological polar surface area (TPSA) is 87.4 Å². The van der Waals surface area contributed by atoms with Gasteiger partial charge in [-0.2, -0.15) is 0 Å². The average Bonchev–Trinajstić information content (AvgIpc) is 3.61. The lowest BCUT2D eigenvalue weighted by molar-refractivity contribution is 0.00479. The molecule has 11 heteroatoms. The predicted octanol–water partition coefficient (Wildman–Crippen LogP) is 4.41. The van der Waals surface area contributed by atoms with Gasteiger partial charge in [-0.25, -0.2) is 4.98 Å². The van der Waals surface area contributed by atoms with Crippen LogP contribution < -0.4 is 9.64 Å². The van der Waals surface area contributed by atoms with Crippen molar-refractivity contribution in [1.29, 1.82) is 0 Å². The molecule has 3 aromatic rings. The maximum atomic E-state index is 10.2. The minimum atomic E-state index is -1.23. The van der Waals surface area contributed by atoms with Crippen LogP contribution in [0.1, 0.15) is 0 Å². The Bertz CT molecular complexity index is 1320. The van der Waals surface area contributed by atoms with E-state index in [1.807, 2.05) is 16.7 Å². The van der Waals surface area contributed by atoms with Gasteiger partial charge in [-0.15, -0.1) is 0 Å². The van der Waals surface area contributed by atoms with Crippen molar-refractivity contribution < 1.29 is 28.8 Å². The zero-order valence-electron chi connectivity index (χ0n) is 23.3. The Kier molecular flexibility index (Phi) is 8.11. The zero-order chi connectivity index (χ0) is 27.9. The number of hydrogen-bond acceptors (Lipinski definition) is 8. The van der Waals surface area contributed by atoms with Gasteiger partial charge in [0, 0.05) is 45.1 Å². The van der Waals surface area contributed by atoms with Gasteiger partial charge in [0.2, 0.25) is 0 Å². The van der Waals surface area contributed by atoms with Crippen molar-refractivity contribution >= 4 is 36.4 Å². The SMILES string of the molecule is C[Si](C)(C)CCOCn1c(O[C@@H]2CO[C@H]3[C@@H]2OC[C@H]3O)cc2nc(-c3ccc(N4CCOCC4)cc3)c(Cl)cc21. The van der Waals surface area contributed by atoms with Crippen molar-refractivity contribution in [1.82, 2.24) is 9.55 Å². The van der Waals surface area contributed by atoms with Crippen molar-refractivity contribution in [3.8, 4) is 17.1 Å². The fourth-order valence-corrected chi connectivity index (χ4v) is 6.46. The largest absolute Gasteiger partial charge is 0.470 e. The Morgan fingerprint density at radius 2 is 1.80 bits per heavy atom. The third kappa shape index (κ3) is 5.90. The summed E-state index contributed by atoms with van der Waals surface area (Å²) in [6.45, 7) is 11.9. The van der Waals surface area contributed by atoms with Crippen LogP contribution in [-0.4, -0.2) is 93.3 Å². The van der Waals surface area contributed by atoms with E-state index >= 15 is 0 Å². The van der Waals surface area contributed by atoms with E-state index in [4.69, 9.17) is 40.3 Å². The van der Waals surface area contributed by atoms with E-state index in [-0.39, 0.29) is 24.9 Å². The molecule has 4 atom stereocenters. The van der Waals surface area contributed by atoms with Gasteiger partial charge in [0.05, 0.1) is 48.2 Å². The molecule has 5 heterocycles. The Labute approximate surface area is 240 Å². The molecule has 1 aromatic carbocycles. The van der Waals surface area contributed by atoms with Crippen molar-refractivity contribution in [3.63, 3.8) is 0 Å². The van der Waals surface area contributed by atoms with Crippen molar-refractivity contribution in [2.75, 3.05) is 51.0 Å². The van der Waals surface area contributed by atoms with E-state index < -0.39 is 14.2 Å². The summed E-state index contributed by atoms with van der Waals surface area (Å²) in [5, 5.41) is 10.7. The number of anilines is 1. The zero-order valence-corrected chi connectivity index (χ0v) is 25.1. The second-order valence-electron chi connectivity index (χ2n) is 11.9. The van der Waals surface area contributed by atoms with Gasteiger partial charge < -0.3 is 33.7 Å². The summed E-state index contributed by atoms with van der Waals surface area (Å²) in [6.07, 6.45) is -1.65. The summed E-state index contributed by atoms with van der Waals surface area (Å²) in [6, 6.07) is 13.3. The Hall–Kier alpha value is -2.18. The van der Waals surface area contributed by atoms with Gasteiger partial charge in [-0.05, 0) is 24.2 Å². The number of nitrogens with zero attached hydrogens (tertiary/aromatic N) is 3. The summed E-state index contributed by atoms with van der Waals surface area (Å²) < 4.78 is 31.6. The number of morpholine rings is 1. The lowest BCUT2D eigenvalue weighted by Crippen LogP contribution is -2.36. The molecule has 3 aliphatic heterocycles. The summed E-state index contributed by atoms with van der Waals surface area (Å²) in [5.74, 6) is 0.616. The van der Waals surface area contributed by atoms with E-state index in [9.17, 15) is 5.11 Å². The molecule has 0 unspecified atom stereocenters. The van der Waals surface area contributed by atoms with Gasteiger partial charge in [0.25, 0.3) is 0 Å². The maximum Gasteiger partial charge on any atom is 0.198 e. The minimum absolute atomic E-state index is 0.253. The molecule has 0 spiro atoms. The number of pyridine rings is 1. The van der Waals surface area contributed by atoms with Crippen molar-refractivity contribution in [3.05, 3.63) is 41.4 Å². The number of rotatable bonds is 9. The summed E-state index contributed by atoms with van der Waals surface area (Å²) in [5.41, 5.74) is 4.44. The molecule has 0 bridgehead atoms. The van der Waals surface area contributed by atoms with Crippen LogP contribution >= 0.6 is 11.6 Å². The number of halogens is 1. The molecule has 0 radical (unpaired) electrons. The third-order valence-electron chi connectivity index (χ3n) is 7.79. The molecule has 1 N–H and O–H groups in total. The first-order valence-corrected chi connectivity index (χ1v) is 18.1. The van der Waals surface area contributed by atoms with Crippen molar-refractivity contribution in [2.24, 2.45) is 0 Å². The number of aliphatic hydroxyl groups is 1. The summed E-state index contributed by atoms with van der Waals surface area (Å²) in [7, 11) is -1.23. The minimum Gasteiger partial charge on any atom is -0.470 e. The van der Waals surface area contributed by atoms with Gasteiger partial charge in [-0.3, -0.25) is 4.57 Å². The number of benzene rings is 1. The molecule has 3 fully saturated rings. The monoisotopic (exact) mass is 587 g/mol. The molecule has 2 aromatic heterocycles. The molecule has 3 aliphatic rings. The van der Waals surface area contributed by atoms with Crippen molar-refractivity contribution in [2.45, 2.75) is 56.8 Å². The van der Waals surface area contributed by atoms with Crippen LogP contribution in [0.4, 0.5) is 5.69 Å². The maximum absolute atomic E-state index is 10.2. The predicted molar refractivity (Wildman–Crippen MR) is 157 cm³/mol. The van der Waals surface area contributed by atoms with Crippen LogP contribution in [0.5, 0.6) is 5.88 Å². The van der Waals surface area contributed by atoms with E-state index in [0.717, 1.165) is 60.3 Å². The first kappa shape index (κ1) is 28.0. The van der Waals surface area contributed by atoms with Crippen LogP contribution in [0.25, 0.3) is 22.3 Å². The molecule has 0 amide bonds. The molecule has 6 rings (SSSR count). The number of hydrogen-bond donors (Lipinski definition) is 1. The summed E-state index contributed by atoms with van der Waals surface area (Å²) >= 11 is 6.84. The van der Waals surface area contributed by atoms with Crippen LogP contribution in [0, 0.1) is 0 Å². The molecule has 216 valence electrons. The molecule has 3 saturated heterocycles. The van der Waals surface area contributed by atoms with E-state index in [2.05, 4.69) is 48.8 Å². The molecular formula is C29H38ClN3O6Si. The van der Waals surface area contributed by atoms with Gasteiger partial charge in [-0.1, -0.05) is 43.4 Å². The molecule has 0 aliphatic carbocycles. The Morgan fingerprint density at radius 1 is 1.05 bits per heavy atom. The number of fused-ring (bicyclic) bond motifs is 2. The van der Waals surface area contributed by atoms with Gasteiger partial charge in [0.1, 0.15) is 25.0 Å². The first-order valence-electron chi connectivity index (χ1n) is 14.1. The standard InChI is InChI=1S/C29H38ClN3O6Si/c1-40(2,3)13-12-36-18-33-23-14-21(30)27(19-4-6-20(7-5-19)32-8-10-35-11-9-32)31-22(23)15-26(33)39-25-17-38-28-24(34)16-37-29(25)28/h4-7,14-15,24-25,28-29,34H,8-13,16-18H2,1-3H3/t24-,25-,28-,29-/m1/s1. The molecule has 40 heavy (non-hydrogen) atoms. The number of aromatic nitrogens is 2. The second-order valence-corrected chi connectivity index (χ2v) is 18.0. The molecular weight excluding hydrogens is 550 g/mol. The van der Waals surface area contributed by atoms with Crippen LogP contribution in [-0.2, 0) is 25.7 Å². The fourth-order valence-electron chi connectivity index (χ4n) is 5.45. The molecule has 0 saturated carbocycles. The number of ether oxygens (including phenoxy) is 5. The lowest BCUT2D eigenvalue weighted by atomic mass is 10.1.